The fraction of sp³-hybridized carbons (Fsp3) is 0.214. The minimum absolute atomic E-state index is 0.0895. The number of aryl methyl sites for hydroxylation is 1. The molecule has 0 aliphatic carbocycles. The molecule has 0 radical (unpaired) electrons. The maximum Gasteiger partial charge on any atom is 0.405 e. The average molecular weight is 497 g/mol. The molecule has 0 bridgehead atoms. The smallest absolute Gasteiger partial charge is 0.405 e. The summed E-state index contributed by atoms with van der Waals surface area (Å²) in [5.41, 5.74) is 3.63. The van der Waals surface area contributed by atoms with Crippen LogP contribution in [0.5, 0.6) is 5.75 Å². The third-order valence-electron chi connectivity index (χ3n) is 5.68. The highest BCUT2D eigenvalue weighted by molar-refractivity contribution is 6.08. The predicted octanol–water partition coefficient (Wildman–Crippen LogP) is 6.40. The lowest BCUT2D eigenvalue weighted by Crippen LogP contribution is -2.33. The molecule has 4 rings (SSSR count). The first-order chi connectivity index (χ1) is 17.2. The minimum Gasteiger partial charge on any atom is -0.486 e. The molecule has 0 spiro atoms. The van der Waals surface area contributed by atoms with Crippen LogP contribution in [0.15, 0.2) is 72.9 Å². The van der Waals surface area contributed by atoms with Crippen LogP contribution in [0, 0.1) is 5.82 Å². The third-order valence-corrected chi connectivity index (χ3v) is 5.68. The van der Waals surface area contributed by atoms with Crippen LogP contribution in [0.4, 0.5) is 17.6 Å². The van der Waals surface area contributed by atoms with Gasteiger partial charge >= 0.3 is 6.18 Å². The molecule has 0 aliphatic rings. The van der Waals surface area contributed by atoms with E-state index in [0.717, 1.165) is 16.7 Å². The van der Waals surface area contributed by atoms with Crippen molar-refractivity contribution in [3.8, 4) is 5.75 Å². The first-order valence-corrected chi connectivity index (χ1v) is 11.4. The van der Waals surface area contributed by atoms with Crippen LogP contribution < -0.4 is 10.1 Å². The van der Waals surface area contributed by atoms with Gasteiger partial charge in [0, 0.05) is 17.1 Å². The lowest BCUT2D eigenvalue weighted by Gasteiger charge is -2.17. The molecular formula is C28H24F4N2O2. The number of alkyl halides is 3. The van der Waals surface area contributed by atoms with Gasteiger partial charge in [-0.3, -0.25) is 9.78 Å². The molecular weight excluding hydrogens is 472 g/mol. The normalized spacial score (nSPS) is 11.5. The summed E-state index contributed by atoms with van der Waals surface area (Å²) >= 11 is 0. The molecule has 4 aromatic rings. The van der Waals surface area contributed by atoms with E-state index in [4.69, 9.17) is 4.74 Å². The first-order valence-electron chi connectivity index (χ1n) is 11.4. The Morgan fingerprint density at radius 2 is 1.69 bits per heavy atom. The number of amides is 1. The summed E-state index contributed by atoms with van der Waals surface area (Å²) in [7, 11) is 0. The predicted molar refractivity (Wildman–Crippen MR) is 129 cm³/mol. The van der Waals surface area contributed by atoms with Gasteiger partial charge in [-0.1, -0.05) is 49.4 Å². The SMILES string of the molecule is CCc1cc(C(=O)NCC(F)(F)F)c2cc(Cc3ccc(F)cc3)cnc2c1OCc1ccccc1. The van der Waals surface area contributed by atoms with Crippen molar-refractivity contribution in [2.45, 2.75) is 32.5 Å². The van der Waals surface area contributed by atoms with Gasteiger partial charge in [0.2, 0.25) is 0 Å². The first kappa shape index (κ1) is 25.2. The van der Waals surface area contributed by atoms with E-state index in [0.29, 0.717) is 35.1 Å². The molecule has 0 saturated heterocycles. The Bertz CT molecular complexity index is 1350. The highest BCUT2D eigenvalue weighted by Gasteiger charge is 2.29. The van der Waals surface area contributed by atoms with E-state index in [1.807, 2.05) is 42.6 Å². The standard InChI is InChI=1S/C28H24F4N2O2/c1-2-21-14-24(27(35)34-17-28(30,31)32)23-13-20(12-18-8-10-22(29)11-9-18)15-33-25(23)26(21)36-16-19-6-4-3-5-7-19/h3-11,13-15H,2,12,16-17H2,1H3,(H,34,35). The van der Waals surface area contributed by atoms with Crippen molar-refractivity contribution in [2.75, 3.05) is 6.54 Å². The van der Waals surface area contributed by atoms with E-state index in [9.17, 15) is 22.4 Å². The number of benzene rings is 3. The van der Waals surface area contributed by atoms with Crippen molar-refractivity contribution in [1.82, 2.24) is 10.3 Å². The Kier molecular flexibility index (Phi) is 7.52. The molecule has 36 heavy (non-hydrogen) atoms. The second-order valence-corrected chi connectivity index (χ2v) is 8.38. The molecule has 0 fully saturated rings. The molecule has 3 aromatic carbocycles. The zero-order chi connectivity index (χ0) is 25.7. The molecule has 4 nitrogen and oxygen atoms in total. The topological polar surface area (TPSA) is 51.2 Å². The summed E-state index contributed by atoms with van der Waals surface area (Å²) in [6.07, 6.45) is -2.01. The molecule has 1 N–H and O–H groups in total. The number of carbonyl (C=O) groups is 1. The van der Waals surface area contributed by atoms with Crippen molar-refractivity contribution >= 4 is 16.8 Å². The van der Waals surface area contributed by atoms with E-state index in [1.165, 1.54) is 12.1 Å². The Hall–Kier alpha value is -3.94. The summed E-state index contributed by atoms with van der Waals surface area (Å²) < 4.78 is 57.8. The number of carbonyl (C=O) groups excluding carboxylic acids is 1. The fourth-order valence-corrected chi connectivity index (χ4v) is 3.92. The molecule has 8 heteroatoms. The molecule has 0 saturated carbocycles. The van der Waals surface area contributed by atoms with Gasteiger partial charge in [0.1, 0.15) is 30.2 Å². The highest BCUT2D eigenvalue weighted by atomic mass is 19.4. The molecule has 0 unspecified atom stereocenters. The lowest BCUT2D eigenvalue weighted by atomic mass is 9.98. The van der Waals surface area contributed by atoms with Crippen molar-refractivity contribution in [2.24, 2.45) is 0 Å². The zero-order valence-electron chi connectivity index (χ0n) is 19.5. The summed E-state index contributed by atoms with van der Waals surface area (Å²) in [5, 5.41) is 2.34. The second-order valence-electron chi connectivity index (χ2n) is 8.38. The van der Waals surface area contributed by atoms with E-state index >= 15 is 0 Å². The largest absolute Gasteiger partial charge is 0.486 e. The van der Waals surface area contributed by atoms with Crippen LogP contribution in [0.2, 0.25) is 0 Å². The van der Waals surface area contributed by atoms with Crippen LogP contribution >= 0.6 is 0 Å². The molecule has 0 atom stereocenters. The minimum atomic E-state index is -4.54. The monoisotopic (exact) mass is 496 g/mol. The number of hydrogen-bond donors (Lipinski definition) is 1. The molecule has 1 heterocycles. The van der Waals surface area contributed by atoms with Crippen LogP contribution in [0.25, 0.3) is 10.9 Å². The van der Waals surface area contributed by atoms with Crippen molar-refractivity contribution < 1.29 is 27.1 Å². The van der Waals surface area contributed by atoms with Crippen LogP contribution in [-0.2, 0) is 19.4 Å². The summed E-state index contributed by atoms with van der Waals surface area (Å²) in [5.74, 6) is -0.717. The number of halogens is 4. The zero-order valence-corrected chi connectivity index (χ0v) is 19.5. The Balaban J connectivity index is 1.77. The van der Waals surface area contributed by atoms with Crippen LogP contribution in [0.1, 0.15) is 39.5 Å². The fourth-order valence-electron chi connectivity index (χ4n) is 3.92. The summed E-state index contributed by atoms with van der Waals surface area (Å²) in [6.45, 7) is 0.697. The van der Waals surface area contributed by atoms with Crippen molar-refractivity contribution in [3.63, 3.8) is 0 Å². The highest BCUT2D eigenvalue weighted by Crippen LogP contribution is 2.34. The van der Waals surface area contributed by atoms with Crippen LogP contribution in [0.3, 0.4) is 0 Å². The molecule has 186 valence electrons. The molecule has 1 amide bonds. The maximum absolute atomic E-state index is 13.3. The Morgan fingerprint density at radius 1 is 0.972 bits per heavy atom. The van der Waals surface area contributed by atoms with Gasteiger partial charge in [-0.05, 0) is 59.4 Å². The maximum atomic E-state index is 13.3. The quantitative estimate of drug-likeness (QED) is 0.287. The third kappa shape index (κ3) is 6.19. The van der Waals surface area contributed by atoms with Gasteiger partial charge in [0.25, 0.3) is 5.91 Å². The van der Waals surface area contributed by atoms with Gasteiger partial charge < -0.3 is 10.1 Å². The summed E-state index contributed by atoms with van der Waals surface area (Å²) in [6, 6.07) is 18.8. The van der Waals surface area contributed by atoms with Gasteiger partial charge in [-0.15, -0.1) is 0 Å². The van der Waals surface area contributed by atoms with Gasteiger partial charge in [0.05, 0.1) is 0 Å². The average Bonchev–Trinajstić information content (AvgIpc) is 2.87. The van der Waals surface area contributed by atoms with Crippen molar-refractivity contribution in [3.05, 3.63) is 107 Å². The summed E-state index contributed by atoms with van der Waals surface area (Å²) in [4.78, 5) is 17.4. The van der Waals surface area contributed by atoms with Gasteiger partial charge in [-0.2, -0.15) is 13.2 Å². The number of hydrogen-bond acceptors (Lipinski definition) is 3. The van der Waals surface area contributed by atoms with E-state index in [2.05, 4.69) is 4.98 Å². The van der Waals surface area contributed by atoms with E-state index in [-0.39, 0.29) is 18.0 Å². The Morgan fingerprint density at radius 3 is 2.36 bits per heavy atom. The number of aromatic nitrogens is 1. The molecule has 0 aliphatic heterocycles. The number of rotatable bonds is 8. The number of nitrogens with one attached hydrogen (secondary N) is 1. The van der Waals surface area contributed by atoms with E-state index < -0.39 is 18.6 Å². The van der Waals surface area contributed by atoms with Gasteiger partial charge in [0.15, 0.2) is 0 Å². The lowest BCUT2D eigenvalue weighted by molar-refractivity contribution is -0.123. The van der Waals surface area contributed by atoms with Gasteiger partial charge in [-0.25, -0.2) is 4.39 Å². The Labute approximate surface area is 205 Å². The second kappa shape index (κ2) is 10.8. The number of fused-ring (bicyclic) bond motifs is 1. The van der Waals surface area contributed by atoms with E-state index in [1.54, 1.807) is 30.5 Å². The van der Waals surface area contributed by atoms with Crippen molar-refractivity contribution in [1.29, 1.82) is 0 Å². The van der Waals surface area contributed by atoms with Crippen LogP contribution in [-0.4, -0.2) is 23.6 Å². The number of ether oxygens (including phenoxy) is 1. The number of nitrogens with zero attached hydrogens (tertiary/aromatic N) is 1. The number of pyridine rings is 1. The molecule has 1 aromatic heterocycles.